The third kappa shape index (κ3) is 3.59. The van der Waals surface area contributed by atoms with E-state index in [0.717, 1.165) is 5.56 Å². The quantitative estimate of drug-likeness (QED) is 0.882. The first kappa shape index (κ1) is 14.6. The third-order valence-corrected chi connectivity index (χ3v) is 3.20. The Kier molecular flexibility index (Phi) is 4.76. The van der Waals surface area contributed by atoms with Crippen LogP contribution in [-0.4, -0.2) is 23.0 Å². The second-order valence-corrected chi connectivity index (χ2v) is 4.65. The first-order valence-electron chi connectivity index (χ1n) is 5.68. The van der Waals surface area contributed by atoms with Crippen molar-refractivity contribution in [1.82, 2.24) is 15.3 Å². The number of ether oxygens (including phenoxy) is 1. The van der Waals surface area contributed by atoms with Crippen molar-refractivity contribution in [2.75, 3.05) is 7.11 Å². The van der Waals surface area contributed by atoms with E-state index < -0.39 is 0 Å². The number of aromatic nitrogens is 2. The Morgan fingerprint density at radius 2 is 2.10 bits per heavy atom. The van der Waals surface area contributed by atoms with Crippen LogP contribution in [0.25, 0.3) is 0 Å². The zero-order valence-corrected chi connectivity index (χ0v) is 12.1. The van der Waals surface area contributed by atoms with E-state index in [0.29, 0.717) is 18.0 Å². The molecule has 20 heavy (non-hydrogen) atoms. The molecule has 0 aromatic carbocycles. The lowest BCUT2D eigenvalue weighted by Crippen LogP contribution is -2.23. The molecule has 2 aromatic heterocycles. The van der Waals surface area contributed by atoms with Crippen LogP contribution in [0.3, 0.4) is 0 Å². The number of carbonyl (C=O) groups is 1. The third-order valence-electron chi connectivity index (χ3n) is 2.52. The van der Waals surface area contributed by atoms with Gasteiger partial charge in [-0.1, -0.05) is 29.3 Å². The Labute approximate surface area is 125 Å². The number of methoxy groups -OCH3 is 1. The molecule has 2 aromatic rings. The van der Waals surface area contributed by atoms with E-state index in [1.165, 1.54) is 12.3 Å². The van der Waals surface area contributed by atoms with E-state index in [9.17, 15) is 4.79 Å². The van der Waals surface area contributed by atoms with Gasteiger partial charge in [0.15, 0.2) is 0 Å². The summed E-state index contributed by atoms with van der Waals surface area (Å²) in [6, 6.07) is 5.01. The van der Waals surface area contributed by atoms with Gasteiger partial charge in [0, 0.05) is 25.0 Å². The lowest BCUT2D eigenvalue weighted by Gasteiger charge is -2.06. The fourth-order valence-electron chi connectivity index (χ4n) is 1.47. The van der Waals surface area contributed by atoms with Gasteiger partial charge in [-0.3, -0.25) is 4.79 Å². The van der Waals surface area contributed by atoms with Crippen LogP contribution in [0, 0.1) is 0 Å². The largest absolute Gasteiger partial charge is 0.481 e. The van der Waals surface area contributed by atoms with Gasteiger partial charge in [0.2, 0.25) is 5.88 Å². The van der Waals surface area contributed by atoms with Crippen LogP contribution in [0.4, 0.5) is 0 Å². The molecule has 0 saturated heterocycles. The minimum atomic E-state index is -0.285. The Morgan fingerprint density at radius 3 is 2.70 bits per heavy atom. The molecular weight excluding hydrogens is 301 g/mol. The smallest absolute Gasteiger partial charge is 0.253 e. The van der Waals surface area contributed by atoms with Gasteiger partial charge in [-0.15, -0.1) is 0 Å². The van der Waals surface area contributed by atoms with E-state index in [4.69, 9.17) is 27.9 Å². The average Bonchev–Trinajstić information content (AvgIpc) is 2.48. The highest BCUT2D eigenvalue weighted by molar-refractivity contribution is 6.41. The van der Waals surface area contributed by atoms with Gasteiger partial charge in [0.05, 0.1) is 17.7 Å². The van der Waals surface area contributed by atoms with Crippen LogP contribution in [0.2, 0.25) is 10.2 Å². The molecule has 2 heterocycles. The number of carbonyl (C=O) groups excluding carboxylic acids is 1. The molecule has 1 amide bonds. The second kappa shape index (κ2) is 6.54. The predicted octanol–water partition coefficient (Wildman–Crippen LogP) is 2.72. The number of nitrogens with zero attached hydrogens (tertiary/aromatic N) is 2. The van der Waals surface area contributed by atoms with E-state index in [1.54, 1.807) is 19.4 Å². The average molecular weight is 312 g/mol. The molecule has 0 aliphatic rings. The number of hydrogen-bond acceptors (Lipinski definition) is 4. The number of pyridine rings is 2. The summed E-state index contributed by atoms with van der Waals surface area (Å²) in [4.78, 5) is 19.8. The molecule has 1 N–H and O–H groups in total. The molecule has 0 radical (unpaired) electrons. The van der Waals surface area contributed by atoms with Gasteiger partial charge in [-0.05, 0) is 11.6 Å². The van der Waals surface area contributed by atoms with E-state index in [1.807, 2.05) is 6.07 Å². The van der Waals surface area contributed by atoms with Crippen LogP contribution in [0.15, 0.2) is 30.6 Å². The maximum Gasteiger partial charge on any atom is 0.253 e. The van der Waals surface area contributed by atoms with Gasteiger partial charge in [-0.25, -0.2) is 9.97 Å². The molecule has 2 rings (SSSR count). The molecular formula is C13H11Cl2N3O2. The minimum absolute atomic E-state index is 0.169. The molecule has 104 valence electrons. The normalized spacial score (nSPS) is 10.2. The van der Waals surface area contributed by atoms with Crippen molar-refractivity contribution >= 4 is 29.1 Å². The lowest BCUT2D eigenvalue weighted by atomic mass is 10.2. The van der Waals surface area contributed by atoms with Gasteiger partial charge in [-0.2, -0.15) is 0 Å². The Bertz CT molecular complexity index is 618. The zero-order chi connectivity index (χ0) is 14.5. The van der Waals surface area contributed by atoms with Crippen molar-refractivity contribution in [2.45, 2.75) is 6.54 Å². The minimum Gasteiger partial charge on any atom is -0.481 e. The molecule has 0 bridgehead atoms. The van der Waals surface area contributed by atoms with Crippen LogP contribution < -0.4 is 10.1 Å². The zero-order valence-electron chi connectivity index (χ0n) is 10.6. The standard InChI is InChI=1S/C13H11Cl2N3O2/c1-20-11-3-2-8(5-16-11)6-18-13(19)9-4-10(14)12(15)17-7-9/h2-5,7H,6H2,1H3,(H,18,19). The van der Waals surface area contributed by atoms with Gasteiger partial charge >= 0.3 is 0 Å². The summed E-state index contributed by atoms with van der Waals surface area (Å²) in [5, 5.41) is 3.15. The monoisotopic (exact) mass is 311 g/mol. The molecule has 0 atom stereocenters. The number of rotatable bonds is 4. The summed E-state index contributed by atoms with van der Waals surface area (Å²) >= 11 is 11.5. The van der Waals surface area contributed by atoms with Crippen LogP contribution in [-0.2, 0) is 6.54 Å². The van der Waals surface area contributed by atoms with Gasteiger partial charge in [0.1, 0.15) is 5.15 Å². The number of nitrogens with one attached hydrogen (secondary N) is 1. The number of halogens is 2. The molecule has 0 fully saturated rings. The van der Waals surface area contributed by atoms with Crippen molar-refractivity contribution in [2.24, 2.45) is 0 Å². The fourth-order valence-corrected chi connectivity index (χ4v) is 1.74. The number of hydrogen-bond donors (Lipinski definition) is 1. The molecule has 0 spiro atoms. The van der Waals surface area contributed by atoms with Crippen molar-refractivity contribution in [3.05, 3.63) is 51.9 Å². The Hall–Kier alpha value is -1.85. The molecule has 5 nitrogen and oxygen atoms in total. The lowest BCUT2D eigenvalue weighted by molar-refractivity contribution is 0.0950. The van der Waals surface area contributed by atoms with Gasteiger partial charge in [0.25, 0.3) is 5.91 Å². The summed E-state index contributed by atoms with van der Waals surface area (Å²) in [7, 11) is 1.54. The molecule has 0 aliphatic heterocycles. The molecule has 0 aliphatic carbocycles. The van der Waals surface area contributed by atoms with E-state index in [-0.39, 0.29) is 16.1 Å². The van der Waals surface area contributed by atoms with Crippen molar-refractivity contribution in [1.29, 1.82) is 0 Å². The molecule has 0 unspecified atom stereocenters. The van der Waals surface area contributed by atoms with E-state index >= 15 is 0 Å². The van der Waals surface area contributed by atoms with Crippen molar-refractivity contribution < 1.29 is 9.53 Å². The highest BCUT2D eigenvalue weighted by Gasteiger charge is 2.09. The fraction of sp³-hybridized carbons (Fsp3) is 0.154. The highest BCUT2D eigenvalue weighted by Crippen LogP contribution is 2.19. The SMILES string of the molecule is COc1ccc(CNC(=O)c2cnc(Cl)c(Cl)c2)cn1. The molecule has 7 heteroatoms. The summed E-state index contributed by atoms with van der Waals surface area (Å²) in [5.74, 6) is 0.237. The topological polar surface area (TPSA) is 64.1 Å². The second-order valence-electron chi connectivity index (χ2n) is 3.89. The van der Waals surface area contributed by atoms with Crippen LogP contribution in [0.5, 0.6) is 5.88 Å². The number of amides is 1. The van der Waals surface area contributed by atoms with Crippen molar-refractivity contribution in [3.63, 3.8) is 0 Å². The highest BCUT2D eigenvalue weighted by atomic mass is 35.5. The van der Waals surface area contributed by atoms with Crippen molar-refractivity contribution in [3.8, 4) is 5.88 Å². The summed E-state index contributed by atoms with van der Waals surface area (Å²) in [5.41, 5.74) is 1.20. The first-order chi connectivity index (χ1) is 9.60. The predicted molar refractivity (Wildman–Crippen MR) is 76.2 cm³/mol. The summed E-state index contributed by atoms with van der Waals surface area (Å²) in [6.45, 7) is 0.343. The van der Waals surface area contributed by atoms with E-state index in [2.05, 4.69) is 15.3 Å². The Balaban J connectivity index is 1.98. The Morgan fingerprint density at radius 1 is 1.30 bits per heavy atom. The first-order valence-corrected chi connectivity index (χ1v) is 6.44. The summed E-state index contributed by atoms with van der Waals surface area (Å²) in [6.07, 6.45) is 3.00. The summed E-state index contributed by atoms with van der Waals surface area (Å²) < 4.78 is 4.95. The molecule has 0 saturated carbocycles. The maximum absolute atomic E-state index is 11.9. The van der Waals surface area contributed by atoms with Crippen LogP contribution >= 0.6 is 23.2 Å². The van der Waals surface area contributed by atoms with Crippen LogP contribution in [0.1, 0.15) is 15.9 Å². The van der Waals surface area contributed by atoms with Gasteiger partial charge < -0.3 is 10.1 Å². The maximum atomic E-state index is 11.9.